The van der Waals surface area contributed by atoms with Crippen molar-refractivity contribution in [3.8, 4) is 0 Å². The summed E-state index contributed by atoms with van der Waals surface area (Å²) in [5.74, 6) is -0.760. The SMILES string of the molecule is CCOC(=O)c1ccc2c(c1)NC(=O)/C2=C(\Nc1ccc(N(C)C(=O)CN(C)C)c(Br)c1)c1ccccc1. The summed E-state index contributed by atoms with van der Waals surface area (Å²) in [5, 5.41) is 6.30. The number of anilines is 3. The van der Waals surface area contributed by atoms with E-state index >= 15 is 0 Å². The minimum absolute atomic E-state index is 0.0371. The minimum atomic E-state index is -0.442. The van der Waals surface area contributed by atoms with Crippen LogP contribution in [0.2, 0.25) is 0 Å². The lowest BCUT2D eigenvalue weighted by molar-refractivity contribution is -0.119. The first-order chi connectivity index (χ1) is 18.2. The Bertz CT molecular complexity index is 1420. The molecule has 38 heavy (non-hydrogen) atoms. The third kappa shape index (κ3) is 5.79. The fourth-order valence-electron chi connectivity index (χ4n) is 4.16. The van der Waals surface area contributed by atoms with Gasteiger partial charge in [0.05, 0.1) is 41.4 Å². The maximum absolute atomic E-state index is 13.2. The summed E-state index contributed by atoms with van der Waals surface area (Å²) < 4.78 is 5.83. The van der Waals surface area contributed by atoms with Crippen LogP contribution in [0.15, 0.2) is 71.2 Å². The molecule has 0 fully saturated rings. The van der Waals surface area contributed by atoms with Crippen LogP contribution in [0.3, 0.4) is 0 Å². The molecule has 2 amide bonds. The summed E-state index contributed by atoms with van der Waals surface area (Å²) in [5.41, 5.74) is 4.94. The highest BCUT2D eigenvalue weighted by Crippen LogP contribution is 2.39. The van der Waals surface area contributed by atoms with Crippen molar-refractivity contribution < 1.29 is 19.1 Å². The number of nitrogens with zero attached hydrogens (tertiary/aromatic N) is 2. The van der Waals surface area contributed by atoms with Crippen molar-refractivity contribution in [2.45, 2.75) is 6.92 Å². The van der Waals surface area contributed by atoms with Crippen LogP contribution in [0.1, 0.15) is 28.4 Å². The van der Waals surface area contributed by atoms with Gasteiger partial charge in [-0.05, 0) is 72.8 Å². The number of carbonyl (C=O) groups excluding carboxylic acids is 3. The second-order valence-corrected chi connectivity index (χ2v) is 9.89. The van der Waals surface area contributed by atoms with Crippen molar-refractivity contribution in [1.82, 2.24) is 4.90 Å². The molecule has 0 aliphatic carbocycles. The molecular weight excluding hydrogens is 548 g/mol. The van der Waals surface area contributed by atoms with E-state index in [1.165, 1.54) is 0 Å². The van der Waals surface area contributed by atoms with Gasteiger partial charge in [-0.25, -0.2) is 4.79 Å². The van der Waals surface area contributed by atoms with E-state index in [0.717, 1.165) is 21.4 Å². The van der Waals surface area contributed by atoms with E-state index in [2.05, 4.69) is 26.6 Å². The lowest BCUT2D eigenvalue weighted by atomic mass is 9.99. The number of hydrogen-bond acceptors (Lipinski definition) is 6. The number of halogens is 1. The Balaban J connectivity index is 1.74. The molecule has 4 rings (SSSR count). The Kier molecular flexibility index (Phi) is 8.29. The van der Waals surface area contributed by atoms with Crippen molar-refractivity contribution in [2.24, 2.45) is 0 Å². The first-order valence-electron chi connectivity index (χ1n) is 12.1. The maximum atomic E-state index is 13.2. The monoisotopic (exact) mass is 576 g/mol. The first kappa shape index (κ1) is 27.1. The Morgan fingerprint density at radius 2 is 1.71 bits per heavy atom. The van der Waals surface area contributed by atoms with Crippen LogP contribution in [0.5, 0.6) is 0 Å². The van der Waals surface area contributed by atoms with E-state index in [4.69, 9.17) is 4.74 Å². The van der Waals surface area contributed by atoms with E-state index in [1.54, 1.807) is 37.1 Å². The van der Waals surface area contributed by atoms with E-state index in [9.17, 15) is 14.4 Å². The number of amides is 2. The van der Waals surface area contributed by atoms with E-state index in [0.29, 0.717) is 34.6 Å². The van der Waals surface area contributed by atoms with Gasteiger partial charge in [-0.3, -0.25) is 9.59 Å². The van der Waals surface area contributed by atoms with Crippen molar-refractivity contribution in [1.29, 1.82) is 0 Å². The number of fused-ring (bicyclic) bond motifs is 1. The number of carbonyl (C=O) groups is 3. The van der Waals surface area contributed by atoms with Crippen LogP contribution in [0.25, 0.3) is 11.3 Å². The van der Waals surface area contributed by atoms with Crippen LogP contribution in [-0.4, -0.2) is 57.0 Å². The molecule has 0 atom stereocenters. The minimum Gasteiger partial charge on any atom is -0.462 e. The van der Waals surface area contributed by atoms with Gasteiger partial charge in [-0.15, -0.1) is 0 Å². The Morgan fingerprint density at radius 1 is 0.974 bits per heavy atom. The average Bonchev–Trinajstić information content (AvgIpc) is 3.21. The number of rotatable bonds is 8. The summed E-state index contributed by atoms with van der Waals surface area (Å²) in [6.07, 6.45) is 0. The van der Waals surface area contributed by atoms with Crippen LogP contribution in [0.4, 0.5) is 17.1 Å². The quantitative estimate of drug-likeness (QED) is 0.287. The predicted octanol–water partition coefficient (Wildman–Crippen LogP) is 5.08. The molecule has 0 saturated heterocycles. The number of esters is 1. The van der Waals surface area contributed by atoms with Gasteiger partial charge in [0.1, 0.15) is 0 Å². The van der Waals surface area contributed by atoms with Crippen molar-refractivity contribution in [3.63, 3.8) is 0 Å². The molecule has 0 spiro atoms. The zero-order valence-electron chi connectivity index (χ0n) is 21.7. The van der Waals surface area contributed by atoms with Gasteiger partial charge in [-0.2, -0.15) is 0 Å². The largest absolute Gasteiger partial charge is 0.462 e. The van der Waals surface area contributed by atoms with Crippen LogP contribution in [-0.2, 0) is 14.3 Å². The van der Waals surface area contributed by atoms with Gasteiger partial charge >= 0.3 is 5.97 Å². The van der Waals surface area contributed by atoms with E-state index < -0.39 is 5.97 Å². The molecule has 0 saturated carbocycles. The van der Waals surface area contributed by atoms with Crippen molar-refractivity contribution >= 4 is 62.0 Å². The topological polar surface area (TPSA) is 91.0 Å². The molecule has 2 N–H and O–H groups in total. The molecule has 196 valence electrons. The molecule has 0 unspecified atom stereocenters. The second-order valence-electron chi connectivity index (χ2n) is 9.03. The van der Waals surface area contributed by atoms with Crippen LogP contribution < -0.4 is 15.5 Å². The first-order valence-corrected chi connectivity index (χ1v) is 12.9. The molecule has 3 aromatic rings. The third-order valence-corrected chi connectivity index (χ3v) is 6.63. The molecule has 1 heterocycles. The number of hydrogen-bond donors (Lipinski definition) is 2. The van der Waals surface area contributed by atoms with Crippen LogP contribution >= 0.6 is 15.9 Å². The molecule has 1 aliphatic rings. The van der Waals surface area contributed by atoms with Gasteiger partial charge in [0.15, 0.2) is 0 Å². The highest BCUT2D eigenvalue weighted by Gasteiger charge is 2.29. The molecule has 0 aromatic heterocycles. The van der Waals surface area contributed by atoms with Crippen LogP contribution in [0, 0.1) is 0 Å². The number of ether oxygens (including phenoxy) is 1. The Morgan fingerprint density at radius 3 is 2.37 bits per heavy atom. The molecule has 9 heteroatoms. The van der Waals surface area contributed by atoms with Gasteiger partial charge in [0.2, 0.25) is 5.91 Å². The molecule has 3 aromatic carbocycles. The lowest BCUT2D eigenvalue weighted by Gasteiger charge is -2.22. The average molecular weight is 577 g/mol. The summed E-state index contributed by atoms with van der Waals surface area (Å²) in [6.45, 7) is 2.30. The fraction of sp³-hybridized carbons (Fsp3) is 0.207. The van der Waals surface area contributed by atoms with Crippen molar-refractivity contribution in [2.75, 3.05) is 49.8 Å². The van der Waals surface area contributed by atoms with E-state index in [-0.39, 0.29) is 18.4 Å². The fourth-order valence-corrected chi connectivity index (χ4v) is 4.80. The Labute approximate surface area is 230 Å². The maximum Gasteiger partial charge on any atom is 0.338 e. The zero-order chi connectivity index (χ0) is 27.4. The molecule has 1 aliphatic heterocycles. The second kappa shape index (κ2) is 11.6. The summed E-state index contributed by atoms with van der Waals surface area (Å²) in [6, 6.07) is 20.2. The standard InChI is InChI=1S/C29H29BrN4O4/c1-5-38-29(37)19-11-13-21-23(15-19)32-28(36)26(21)27(18-9-7-6-8-10-18)31-20-12-14-24(22(30)16-20)34(4)25(35)17-33(2)3/h6-16,31H,5,17H2,1-4H3,(H,32,36)/b27-26-. The van der Waals surface area contributed by atoms with Gasteiger partial charge in [0.25, 0.3) is 5.91 Å². The van der Waals surface area contributed by atoms with Crippen molar-refractivity contribution in [3.05, 3.63) is 87.9 Å². The van der Waals surface area contributed by atoms with Gasteiger partial charge in [0, 0.05) is 22.8 Å². The number of benzene rings is 3. The highest BCUT2D eigenvalue weighted by atomic mass is 79.9. The van der Waals surface area contributed by atoms with E-state index in [1.807, 2.05) is 67.5 Å². The van der Waals surface area contributed by atoms with Gasteiger partial charge in [-0.1, -0.05) is 36.4 Å². The highest BCUT2D eigenvalue weighted by molar-refractivity contribution is 9.10. The van der Waals surface area contributed by atoms with Gasteiger partial charge < -0.3 is 25.2 Å². The lowest BCUT2D eigenvalue weighted by Crippen LogP contribution is -2.35. The normalized spacial score (nSPS) is 13.6. The zero-order valence-corrected chi connectivity index (χ0v) is 23.3. The third-order valence-electron chi connectivity index (χ3n) is 5.99. The molecule has 0 bridgehead atoms. The molecule has 0 radical (unpaired) electrons. The number of nitrogens with one attached hydrogen (secondary N) is 2. The number of likely N-dealkylation sites (N-methyl/N-ethyl adjacent to an activating group) is 2. The summed E-state index contributed by atoms with van der Waals surface area (Å²) in [7, 11) is 5.43. The summed E-state index contributed by atoms with van der Waals surface area (Å²) >= 11 is 3.60. The molecule has 8 nitrogen and oxygen atoms in total. The Hall–Kier alpha value is -3.95. The predicted molar refractivity (Wildman–Crippen MR) is 154 cm³/mol. The smallest absolute Gasteiger partial charge is 0.338 e. The summed E-state index contributed by atoms with van der Waals surface area (Å²) in [4.78, 5) is 41.4. The molecular formula is C29H29BrN4O4.